The molecule has 0 saturated heterocycles. The van der Waals surface area contributed by atoms with Crippen LogP contribution in [0.1, 0.15) is 48.5 Å². The van der Waals surface area contributed by atoms with Gasteiger partial charge in [-0.15, -0.1) is 0 Å². The van der Waals surface area contributed by atoms with Gasteiger partial charge in [-0.1, -0.05) is 50.1 Å². The summed E-state index contributed by atoms with van der Waals surface area (Å²) in [6, 6.07) is 15.2. The molecular weight excluding hydrogens is 380 g/mol. The van der Waals surface area contributed by atoms with Crippen molar-refractivity contribution in [3.8, 4) is 5.75 Å². The average molecular weight is 403 g/mol. The van der Waals surface area contributed by atoms with E-state index in [1.807, 2.05) is 30.3 Å². The van der Waals surface area contributed by atoms with Crippen molar-refractivity contribution < 1.29 is 9.53 Å². The van der Waals surface area contributed by atoms with Gasteiger partial charge in [-0.3, -0.25) is 4.79 Å². The van der Waals surface area contributed by atoms with Crippen LogP contribution in [0.2, 0.25) is 0 Å². The molecule has 0 fully saturated rings. The van der Waals surface area contributed by atoms with Crippen molar-refractivity contribution in [1.29, 1.82) is 0 Å². The number of nitrogens with one attached hydrogen (secondary N) is 1. The fraction of sp³-hybridized carbons (Fsp3) is 0.300. The molecule has 25 heavy (non-hydrogen) atoms. The second kappa shape index (κ2) is 9.99. The number of methoxy groups -OCH3 is 1. The lowest BCUT2D eigenvalue weighted by atomic mass is 10.0. The molecule has 2 aromatic rings. The van der Waals surface area contributed by atoms with Crippen molar-refractivity contribution in [2.24, 2.45) is 5.10 Å². The van der Waals surface area contributed by atoms with Gasteiger partial charge in [0.25, 0.3) is 5.91 Å². The molecular formula is C20H23BrN2O2. The summed E-state index contributed by atoms with van der Waals surface area (Å²) in [6.07, 6.45) is 4.18. The van der Waals surface area contributed by atoms with E-state index in [0.29, 0.717) is 11.3 Å². The SMILES string of the molecule is CCCCC/C(=N/NC(=O)c1ccc(OC)c(Br)c1)c1ccccc1. The summed E-state index contributed by atoms with van der Waals surface area (Å²) < 4.78 is 5.92. The molecule has 0 bridgehead atoms. The van der Waals surface area contributed by atoms with E-state index < -0.39 is 0 Å². The number of carbonyl (C=O) groups is 1. The molecule has 0 aromatic heterocycles. The van der Waals surface area contributed by atoms with Gasteiger partial charge in [-0.2, -0.15) is 5.10 Å². The summed E-state index contributed by atoms with van der Waals surface area (Å²) >= 11 is 3.39. The largest absolute Gasteiger partial charge is 0.496 e. The molecule has 4 nitrogen and oxygen atoms in total. The van der Waals surface area contributed by atoms with Crippen molar-refractivity contribution in [3.63, 3.8) is 0 Å². The third-order valence-electron chi connectivity index (χ3n) is 3.83. The van der Waals surface area contributed by atoms with Gasteiger partial charge in [-0.05, 0) is 52.5 Å². The number of ether oxygens (including phenoxy) is 1. The summed E-state index contributed by atoms with van der Waals surface area (Å²) in [5.74, 6) is 0.442. The topological polar surface area (TPSA) is 50.7 Å². The minimum Gasteiger partial charge on any atom is -0.496 e. The first-order valence-corrected chi connectivity index (χ1v) is 9.21. The number of hydrogen-bond donors (Lipinski definition) is 1. The van der Waals surface area contributed by atoms with E-state index in [1.165, 1.54) is 0 Å². The van der Waals surface area contributed by atoms with Crippen LogP contribution in [0.15, 0.2) is 58.1 Å². The highest BCUT2D eigenvalue weighted by Gasteiger charge is 2.09. The van der Waals surface area contributed by atoms with Gasteiger partial charge < -0.3 is 4.74 Å². The van der Waals surface area contributed by atoms with Gasteiger partial charge in [0.15, 0.2) is 0 Å². The van der Waals surface area contributed by atoms with Crippen molar-refractivity contribution >= 4 is 27.5 Å². The summed E-state index contributed by atoms with van der Waals surface area (Å²) in [6.45, 7) is 2.17. The fourth-order valence-corrected chi connectivity index (χ4v) is 2.97. The van der Waals surface area contributed by atoms with Crippen molar-refractivity contribution in [3.05, 3.63) is 64.1 Å². The molecule has 0 saturated carbocycles. The minimum atomic E-state index is -0.243. The molecule has 0 radical (unpaired) electrons. The van der Waals surface area contributed by atoms with E-state index in [2.05, 4.69) is 33.4 Å². The molecule has 2 aromatic carbocycles. The molecule has 1 amide bonds. The van der Waals surface area contributed by atoms with E-state index in [1.54, 1.807) is 25.3 Å². The summed E-state index contributed by atoms with van der Waals surface area (Å²) in [5, 5.41) is 4.38. The average Bonchev–Trinajstić information content (AvgIpc) is 2.65. The second-order valence-corrected chi connectivity index (χ2v) is 6.53. The van der Waals surface area contributed by atoms with Crippen LogP contribution in [0.5, 0.6) is 5.75 Å². The van der Waals surface area contributed by atoms with Crippen molar-refractivity contribution in [2.45, 2.75) is 32.6 Å². The van der Waals surface area contributed by atoms with E-state index >= 15 is 0 Å². The number of benzene rings is 2. The van der Waals surface area contributed by atoms with E-state index in [4.69, 9.17) is 4.74 Å². The third kappa shape index (κ3) is 5.71. The Morgan fingerprint density at radius 1 is 1.12 bits per heavy atom. The van der Waals surface area contributed by atoms with Gasteiger partial charge in [0, 0.05) is 5.56 Å². The standard InChI is InChI=1S/C20H23BrN2O2/c1-3-4-6-11-18(15-9-7-5-8-10-15)22-23-20(24)16-12-13-19(25-2)17(21)14-16/h5,7-10,12-14H,3-4,6,11H2,1-2H3,(H,23,24)/b22-18-. The first-order chi connectivity index (χ1) is 12.2. The Kier molecular flexibility index (Phi) is 7.67. The molecule has 5 heteroatoms. The Morgan fingerprint density at radius 3 is 2.52 bits per heavy atom. The van der Waals surface area contributed by atoms with E-state index in [0.717, 1.165) is 41.4 Å². The van der Waals surface area contributed by atoms with Crippen LogP contribution in [0.3, 0.4) is 0 Å². The Labute approximate surface area is 157 Å². The number of nitrogens with zero attached hydrogens (tertiary/aromatic N) is 1. The normalized spacial score (nSPS) is 11.2. The Hall–Kier alpha value is -2.14. The molecule has 0 aliphatic rings. The number of amides is 1. The van der Waals surface area contributed by atoms with Crippen LogP contribution in [-0.2, 0) is 0 Å². The van der Waals surface area contributed by atoms with Gasteiger partial charge in [0.1, 0.15) is 5.75 Å². The number of carbonyl (C=O) groups excluding carboxylic acids is 1. The van der Waals surface area contributed by atoms with Crippen LogP contribution in [-0.4, -0.2) is 18.7 Å². The lowest BCUT2D eigenvalue weighted by Crippen LogP contribution is -2.20. The summed E-state index contributed by atoms with van der Waals surface area (Å²) in [7, 11) is 1.59. The molecule has 0 aliphatic heterocycles. The van der Waals surface area contributed by atoms with Crippen molar-refractivity contribution in [2.75, 3.05) is 7.11 Å². The van der Waals surface area contributed by atoms with Gasteiger partial charge in [0.2, 0.25) is 0 Å². The Morgan fingerprint density at radius 2 is 1.88 bits per heavy atom. The number of halogens is 1. The van der Waals surface area contributed by atoms with Gasteiger partial charge in [0.05, 0.1) is 17.3 Å². The maximum absolute atomic E-state index is 12.4. The van der Waals surface area contributed by atoms with Gasteiger partial charge in [-0.25, -0.2) is 5.43 Å². The molecule has 1 N–H and O–H groups in total. The van der Waals surface area contributed by atoms with Crippen LogP contribution >= 0.6 is 15.9 Å². The minimum absolute atomic E-state index is 0.243. The smallest absolute Gasteiger partial charge is 0.271 e. The van der Waals surface area contributed by atoms with E-state index in [9.17, 15) is 4.79 Å². The molecule has 0 atom stereocenters. The number of hydrogen-bond acceptors (Lipinski definition) is 3. The zero-order valence-electron chi connectivity index (χ0n) is 14.6. The van der Waals surface area contributed by atoms with Crippen LogP contribution < -0.4 is 10.2 Å². The number of unbranched alkanes of at least 4 members (excludes halogenated alkanes) is 2. The molecule has 0 heterocycles. The predicted octanol–water partition coefficient (Wildman–Crippen LogP) is 5.17. The lowest BCUT2D eigenvalue weighted by Gasteiger charge is -2.08. The highest BCUT2D eigenvalue weighted by molar-refractivity contribution is 9.10. The third-order valence-corrected chi connectivity index (χ3v) is 4.45. The van der Waals surface area contributed by atoms with Crippen LogP contribution in [0.25, 0.3) is 0 Å². The molecule has 132 valence electrons. The maximum Gasteiger partial charge on any atom is 0.271 e. The summed E-state index contributed by atoms with van der Waals surface area (Å²) in [5.41, 5.74) is 5.14. The lowest BCUT2D eigenvalue weighted by molar-refractivity contribution is 0.0954. The van der Waals surface area contributed by atoms with E-state index in [-0.39, 0.29) is 5.91 Å². The Bertz CT molecular complexity index is 730. The first kappa shape index (κ1) is 19.2. The zero-order valence-corrected chi connectivity index (χ0v) is 16.2. The van der Waals surface area contributed by atoms with Crippen LogP contribution in [0, 0.1) is 0 Å². The van der Waals surface area contributed by atoms with Crippen LogP contribution in [0.4, 0.5) is 0 Å². The van der Waals surface area contributed by atoms with Crippen molar-refractivity contribution in [1.82, 2.24) is 5.43 Å². The highest BCUT2D eigenvalue weighted by Crippen LogP contribution is 2.25. The van der Waals surface area contributed by atoms with Gasteiger partial charge >= 0.3 is 0 Å². The fourth-order valence-electron chi connectivity index (χ4n) is 2.43. The molecule has 0 unspecified atom stereocenters. The molecule has 2 rings (SSSR count). The summed E-state index contributed by atoms with van der Waals surface area (Å²) in [4.78, 5) is 12.4. The quantitative estimate of drug-likeness (QED) is 0.376. The molecule has 0 spiro atoms. The monoisotopic (exact) mass is 402 g/mol. The zero-order chi connectivity index (χ0) is 18.1. The second-order valence-electron chi connectivity index (χ2n) is 5.67. The maximum atomic E-state index is 12.4. The number of rotatable bonds is 8. The highest BCUT2D eigenvalue weighted by atomic mass is 79.9. The molecule has 0 aliphatic carbocycles. The number of hydrazone groups is 1. The first-order valence-electron chi connectivity index (χ1n) is 8.41. The predicted molar refractivity (Wildman–Crippen MR) is 105 cm³/mol. The Balaban J connectivity index is 2.13.